The minimum atomic E-state index is -1.48. The predicted molar refractivity (Wildman–Crippen MR) is 57.9 cm³/mol. The van der Waals surface area contributed by atoms with Gasteiger partial charge in [-0.1, -0.05) is 18.0 Å². The highest BCUT2D eigenvalue weighted by Gasteiger charge is 2.50. The first-order valence-corrected chi connectivity index (χ1v) is 5.42. The van der Waals surface area contributed by atoms with Crippen molar-refractivity contribution in [2.24, 2.45) is 0 Å². The van der Waals surface area contributed by atoms with Crippen LogP contribution in [-0.4, -0.2) is 21.3 Å². The second-order valence-electron chi connectivity index (χ2n) is 4.16. The van der Waals surface area contributed by atoms with Gasteiger partial charge in [-0.05, 0) is 12.8 Å². The summed E-state index contributed by atoms with van der Waals surface area (Å²) >= 11 is 5.54. The maximum Gasteiger partial charge on any atom is 0.314 e. The normalized spacial score (nSPS) is 17.5. The fourth-order valence-electron chi connectivity index (χ4n) is 2.14. The van der Waals surface area contributed by atoms with Gasteiger partial charge in [-0.3, -0.25) is 4.79 Å². The van der Waals surface area contributed by atoms with Crippen molar-refractivity contribution in [1.29, 1.82) is 0 Å². The molecule has 0 saturated heterocycles. The molecule has 1 fully saturated rings. The molecule has 1 aliphatic carbocycles. The van der Waals surface area contributed by atoms with Crippen molar-refractivity contribution in [2.75, 3.05) is 0 Å². The van der Waals surface area contributed by atoms with Crippen molar-refractivity contribution in [3.8, 4) is 11.5 Å². The van der Waals surface area contributed by atoms with Crippen LogP contribution in [0.2, 0.25) is 5.02 Å². The van der Waals surface area contributed by atoms with Crippen LogP contribution < -0.4 is 0 Å². The summed E-state index contributed by atoms with van der Waals surface area (Å²) in [5.41, 5.74) is -1.89. The number of rotatable bonds is 2. The lowest BCUT2D eigenvalue weighted by Gasteiger charge is -2.38. The number of aliphatic carboxylic acids is 1. The molecule has 17 heavy (non-hydrogen) atoms. The molecule has 92 valence electrons. The van der Waals surface area contributed by atoms with Crippen LogP contribution in [0, 0.1) is 5.82 Å². The van der Waals surface area contributed by atoms with Gasteiger partial charge in [-0.15, -0.1) is 0 Å². The fourth-order valence-corrected chi connectivity index (χ4v) is 2.34. The SMILES string of the molecule is O=C(O)C1(c2c(O)c(O)cc(Cl)c2F)CCC1. The molecule has 1 aromatic carbocycles. The number of carbonyl (C=O) groups is 1. The Morgan fingerprint density at radius 1 is 1.41 bits per heavy atom. The van der Waals surface area contributed by atoms with Crippen molar-refractivity contribution < 1.29 is 24.5 Å². The number of phenols is 2. The van der Waals surface area contributed by atoms with E-state index in [0.29, 0.717) is 6.42 Å². The quantitative estimate of drug-likeness (QED) is 0.714. The summed E-state index contributed by atoms with van der Waals surface area (Å²) in [6.45, 7) is 0. The summed E-state index contributed by atoms with van der Waals surface area (Å²) in [4.78, 5) is 11.2. The number of phenolic OH excluding ortho intramolecular Hbond substituents is 2. The van der Waals surface area contributed by atoms with E-state index in [9.17, 15) is 19.4 Å². The number of carboxylic acid groups (broad SMARTS) is 1. The number of hydrogen-bond acceptors (Lipinski definition) is 3. The van der Waals surface area contributed by atoms with Crippen LogP contribution in [0.5, 0.6) is 11.5 Å². The molecule has 0 aromatic heterocycles. The summed E-state index contributed by atoms with van der Waals surface area (Å²) in [5, 5.41) is 27.8. The molecule has 6 heteroatoms. The molecule has 0 atom stereocenters. The van der Waals surface area contributed by atoms with Gasteiger partial charge in [0.05, 0.1) is 16.0 Å². The second kappa shape index (κ2) is 3.77. The molecule has 1 saturated carbocycles. The summed E-state index contributed by atoms with van der Waals surface area (Å²) < 4.78 is 13.9. The molecule has 0 unspecified atom stereocenters. The minimum absolute atomic E-state index is 0.215. The van der Waals surface area contributed by atoms with E-state index in [1.165, 1.54) is 0 Å². The Kier molecular flexibility index (Phi) is 2.66. The number of benzene rings is 1. The van der Waals surface area contributed by atoms with Crippen LogP contribution in [0.4, 0.5) is 4.39 Å². The minimum Gasteiger partial charge on any atom is -0.504 e. The Labute approximate surface area is 101 Å². The average molecular weight is 261 g/mol. The topological polar surface area (TPSA) is 77.8 Å². The van der Waals surface area contributed by atoms with E-state index in [2.05, 4.69) is 0 Å². The van der Waals surface area contributed by atoms with Gasteiger partial charge >= 0.3 is 5.97 Å². The smallest absolute Gasteiger partial charge is 0.314 e. The zero-order valence-electron chi connectivity index (χ0n) is 8.70. The third-order valence-corrected chi connectivity index (χ3v) is 3.54. The molecule has 0 amide bonds. The Morgan fingerprint density at radius 2 is 2.00 bits per heavy atom. The van der Waals surface area contributed by atoms with Crippen molar-refractivity contribution in [3.63, 3.8) is 0 Å². The highest BCUT2D eigenvalue weighted by Crippen LogP contribution is 2.51. The van der Waals surface area contributed by atoms with Crippen LogP contribution in [0.15, 0.2) is 6.07 Å². The number of hydrogen-bond donors (Lipinski definition) is 3. The zero-order valence-corrected chi connectivity index (χ0v) is 9.46. The van der Waals surface area contributed by atoms with Crippen LogP contribution in [0.1, 0.15) is 24.8 Å². The summed E-state index contributed by atoms with van der Waals surface area (Å²) in [6, 6.07) is 0.851. The first-order valence-electron chi connectivity index (χ1n) is 5.04. The molecular weight excluding hydrogens is 251 g/mol. The third kappa shape index (κ3) is 1.53. The summed E-state index contributed by atoms with van der Waals surface area (Å²) in [5.74, 6) is -3.56. The summed E-state index contributed by atoms with van der Waals surface area (Å²) in [6.07, 6.45) is 1.05. The molecule has 2 rings (SSSR count). The monoisotopic (exact) mass is 260 g/mol. The van der Waals surface area contributed by atoms with Crippen LogP contribution in [0.3, 0.4) is 0 Å². The van der Waals surface area contributed by atoms with Crippen LogP contribution >= 0.6 is 11.6 Å². The first-order chi connectivity index (χ1) is 7.90. The molecule has 0 aliphatic heterocycles. The molecule has 1 aromatic rings. The third-order valence-electron chi connectivity index (χ3n) is 3.27. The number of halogens is 2. The molecule has 0 heterocycles. The molecule has 0 radical (unpaired) electrons. The lowest BCUT2D eigenvalue weighted by molar-refractivity contribution is -0.147. The maximum absolute atomic E-state index is 13.9. The van der Waals surface area contributed by atoms with E-state index in [-0.39, 0.29) is 12.8 Å². The van der Waals surface area contributed by atoms with E-state index < -0.39 is 39.3 Å². The Morgan fingerprint density at radius 3 is 2.41 bits per heavy atom. The predicted octanol–water partition coefficient (Wildman–Crippen LogP) is 2.40. The highest BCUT2D eigenvalue weighted by molar-refractivity contribution is 6.31. The zero-order chi connectivity index (χ0) is 12.8. The molecule has 0 bridgehead atoms. The standard InChI is InChI=1S/C11H10ClFO4/c12-5-4-6(14)9(15)7(8(5)13)11(10(16)17)2-1-3-11/h4,14-15H,1-3H2,(H,16,17). The van der Waals surface area contributed by atoms with E-state index in [1.54, 1.807) is 0 Å². The maximum atomic E-state index is 13.9. The Hall–Kier alpha value is -1.49. The van der Waals surface area contributed by atoms with E-state index in [1.807, 2.05) is 0 Å². The van der Waals surface area contributed by atoms with Crippen molar-refractivity contribution >= 4 is 17.6 Å². The molecule has 0 spiro atoms. The van der Waals surface area contributed by atoms with Gasteiger partial charge in [0.1, 0.15) is 5.82 Å². The first kappa shape index (κ1) is 12.0. The number of aromatic hydroxyl groups is 2. The Balaban J connectivity index is 2.70. The molecule has 1 aliphatic rings. The average Bonchev–Trinajstić information content (AvgIpc) is 2.18. The van der Waals surface area contributed by atoms with Gasteiger partial charge in [0.2, 0.25) is 0 Å². The van der Waals surface area contributed by atoms with Gasteiger partial charge in [0.15, 0.2) is 11.5 Å². The van der Waals surface area contributed by atoms with Crippen molar-refractivity contribution in [1.82, 2.24) is 0 Å². The van der Waals surface area contributed by atoms with Crippen molar-refractivity contribution in [2.45, 2.75) is 24.7 Å². The summed E-state index contributed by atoms with van der Waals surface area (Å²) in [7, 11) is 0. The van der Waals surface area contributed by atoms with Crippen molar-refractivity contribution in [3.05, 3.63) is 22.5 Å². The van der Waals surface area contributed by atoms with Crippen LogP contribution in [0.25, 0.3) is 0 Å². The van der Waals surface area contributed by atoms with Gasteiger partial charge in [-0.2, -0.15) is 0 Å². The van der Waals surface area contributed by atoms with E-state index >= 15 is 0 Å². The molecule has 4 nitrogen and oxygen atoms in total. The van der Waals surface area contributed by atoms with E-state index in [0.717, 1.165) is 6.07 Å². The van der Waals surface area contributed by atoms with Gasteiger partial charge in [0.25, 0.3) is 0 Å². The van der Waals surface area contributed by atoms with Gasteiger partial charge < -0.3 is 15.3 Å². The second-order valence-corrected chi connectivity index (χ2v) is 4.56. The lowest BCUT2D eigenvalue weighted by atomic mass is 9.64. The van der Waals surface area contributed by atoms with Crippen LogP contribution in [-0.2, 0) is 10.2 Å². The fraction of sp³-hybridized carbons (Fsp3) is 0.364. The number of carboxylic acids is 1. The largest absolute Gasteiger partial charge is 0.504 e. The van der Waals surface area contributed by atoms with Gasteiger partial charge in [0, 0.05) is 6.07 Å². The lowest BCUT2D eigenvalue weighted by Crippen LogP contribution is -2.43. The highest BCUT2D eigenvalue weighted by atomic mass is 35.5. The van der Waals surface area contributed by atoms with Gasteiger partial charge in [-0.25, -0.2) is 4.39 Å². The molecular formula is C11H10ClFO4. The molecule has 3 N–H and O–H groups in total. The Bertz CT molecular complexity index is 470. The van der Waals surface area contributed by atoms with E-state index in [4.69, 9.17) is 16.7 Å².